The van der Waals surface area contributed by atoms with Crippen molar-refractivity contribution in [2.45, 2.75) is 17.8 Å². The topological polar surface area (TPSA) is 94.6 Å². The zero-order chi connectivity index (χ0) is 14.5. The van der Waals surface area contributed by atoms with Gasteiger partial charge < -0.3 is 14.9 Å². The van der Waals surface area contributed by atoms with Crippen LogP contribution < -0.4 is 10.5 Å². The molecule has 1 aromatic rings. The molecule has 0 aromatic carbocycles. The number of sulfonamides is 1. The number of nitrogens with one attached hydrogen (secondary N) is 1. The summed E-state index contributed by atoms with van der Waals surface area (Å²) in [5.41, 5.74) is 5.25. The maximum Gasteiger partial charge on any atom is 0.411 e. The van der Waals surface area contributed by atoms with Crippen molar-refractivity contribution in [1.29, 1.82) is 0 Å². The van der Waals surface area contributed by atoms with E-state index in [1.54, 1.807) is 0 Å². The average Bonchev–Trinajstić information content (AvgIpc) is 2.76. The summed E-state index contributed by atoms with van der Waals surface area (Å²) in [7, 11) is -3.90. The third-order valence-corrected chi connectivity index (χ3v) is 3.24. The quantitative estimate of drug-likeness (QED) is 0.719. The van der Waals surface area contributed by atoms with Crippen molar-refractivity contribution >= 4 is 10.0 Å². The van der Waals surface area contributed by atoms with Crippen molar-refractivity contribution in [3.63, 3.8) is 0 Å². The van der Waals surface area contributed by atoms with E-state index in [4.69, 9.17) is 10.2 Å². The fourth-order valence-electron chi connectivity index (χ4n) is 1.12. The molecule has 1 rings (SSSR count). The summed E-state index contributed by atoms with van der Waals surface area (Å²) >= 11 is 0. The predicted molar refractivity (Wildman–Crippen MR) is 58.7 cm³/mol. The van der Waals surface area contributed by atoms with Gasteiger partial charge in [0.05, 0.1) is 13.2 Å². The Balaban J connectivity index is 2.39. The first kappa shape index (κ1) is 16.0. The van der Waals surface area contributed by atoms with Crippen LogP contribution in [0.3, 0.4) is 0 Å². The van der Waals surface area contributed by atoms with Crippen LogP contribution in [-0.4, -0.2) is 34.4 Å². The molecular formula is C9H13F3N2O4S. The smallest absolute Gasteiger partial charge is 0.411 e. The van der Waals surface area contributed by atoms with Gasteiger partial charge in [-0.3, -0.25) is 0 Å². The lowest BCUT2D eigenvalue weighted by Gasteiger charge is -2.08. The van der Waals surface area contributed by atoms with Gasteiger partial charge in [0.15, 0.2) is 0 Å². The van der Waals surface area contributed by atoms with E-state index in [0.717, 1.165) is 0 Å². The van der Waals surface area contributed by atoms with Crippen molar-refractivity contribution in [2.75, 3.05) is 19.8 Å². The number of alkyl halides is 3. The summed E-state index contributed by atoms with van der Waals surface area (Å²) in [6.45, 7) is -2.07. The van der Waals surface area contributed by atoms with Crippen molar-refractivity contribution in [2.24, 2.45) is 5.73 Å². The van der Waals surface area contributed by atoms with Gasteiger partial charge >= 0.3 is 6.18 Å². The molecule has 0 bridgehead atoms. The Hall–Kier alpha value is -1.10. The first-order valence-electron chi connectivity index (χ1n) is 5.17. The summed E-state index contributed by atoms with van der Waals surface area (Å²) < 4.78 is 69.6. The third kappa shape index (κ3) is 5.59. The van der Waals surface area contributed by atoms with Crippen LogP contribution in [-0.2, 0) is 21.3 Å². The van der Waals surface area contributed by atoms with Crippen molar-refractivity contribution in [1.82, 2.24) is 4.72 Å². The van der Waals surface area contributed by atoms with Gasteiger partial charge in [-0.1, -0.05) is 0 Å². The summed E-state index contributed by atoms with van der Waals surface area (Å²) in [5, 5.41) is -0.344. The number of ether oxygens (including phenoxy) is 1. The summed E-state index contributed by atoms with van der Waals surface area (Å²) in [5.74, 6) is 0.286. The Morgan fingerprint density at radius 3 is 2.58 bits per heavy atom. The average molecular weight is 302 g/mol. The molecule has 0 atom stereocenters. The summed E-state index contributed by atoms with van der Waals surface area (Å²) in [6.07, 6.45) is -4.43. The number of furan rings is 1. The lowest BCUT2D eigenvalue weighted by molar-refractivity contribution is -0.173. The standard InChI is InChI=1S/C9H13F3N2O4S/c10-9(11,12)6-17-4-3-14-19(15,16)8-2-1-7(5-13)18-8/h1-2,14H,3-6,13H2. The van der Waals surface area contributed by atoms with Crippen LogP contribution in [0.4, 0.5) is 13.2 Å². The van der Waals surface area contributed by atoms with Crippen molar-refractivity contribution in [3.05, 3.63) is 17.9 Å². The Morgan fingerprint density at radius 1 is 1.37 bits per heavy atom. The van der Waals surface area contributed by atoms with Gasteiger partial charge in [-0.05, 0) is 12.1 Å². The van der Waals surface area contributed by atoms with E-state index in [0.29, 0.717) is 0 Å². The molecular weight excluding hydrogens is 289 g/mol. The highest BCUT2D eigenvalue weighted by Crippen LogP contribution is 2.14. The van der Waals surface area contributed by atoms with Crippen LogP contribution in [0.25, 0.3) is 0 Å². The zero-order valence-corrected chi connectivity index (χ0v) is 10.6. The van der Waals surface area contributed by atoms with E-state index < -0.39 is 29.4 Å². The molecule has 19 heavy (non-hydrogen) atoms. The molecule has 0 unspecified atom stereocenters. The SMILES string of the molecule is NCc1ccc(S(=O)(=O)NCCOCC(F)(F)F)o1. The first-order chi connectivity index (χ1) is 8.74. The molecule has 0 fully saturated rings. The van der Waals surface area contributed by atoms with E-state index in [-0.39, 0.29) is 23.9 Å². The van der Waals surface area contributed by atoms with Gasteiger partial charge in [0.1, 0.15) is 12.4 Å². The van der Waals surface area contributed by atoms with Crippen molar-refractivity contribution < 1.29 is 30.7 Å². The fraction of sp³-hybridized carbons (Fsp3) is 0.556. The third-order valence-electron chi connectivity index (χ3n) is 1.91. The van der Waals surface area contributed by atoms with Crippen LogP contribution >= 0.6 is 0 Å². The number of hydrogen-bond donors (Lipinski definition) is 2. The molecule has 0 saturated carbocycles. The maximum absolute atomic E-state index is 11.7. The number of hydrogen-bond acceptors (Lipinski definition) is 5. The van der Waals surface area contributed by atoms with Gasteiger partial charge in [0, 0.05) is 6.54 Å². The highest BCUT2D eigenvalue weighted by molar-refractivity contribution is 7.89. The van der Waals surface area contributed by atoms with Gasteiger partial charge in [-0.25, -0.2) is 13.1 Å². The van der Waals surface area contributed by atoms with Crippen LogP contribution in [0.15, 0.2) is 21.6 Å². The Bertz CT molecular complexity index is 498. The molecule has 1 heterocycles. The van der Waals surface area contributed by atoms with Gasteiger partial charge in [0.2, 0.25) is 5.09 Å². The normalized spacial score (nSPS) is 12.8. The second kappa shape index (κ2) is 6.37. The molecule has 0 amide bonds. The second-order valence-corrected chi connectivity index (χ2v) is 5.19. The number of nitrogens with two attached hydrogens (primary N) is 1. The van der Waals surface area contributed by atoms with E-state index in [2.05, 4.69) is 4.74 Å². The molecule has 10 heteroatoms. The van der Waals surface area contributed by atoms with Crippen LogP contribution in [0.5, 0.6) is 0 Å². The fourth-order valence-corrected chi connectivity index (χ4v) is 2.08. The van der Waals surface area contributed by atoms with Crippen LogP contribution in [0, 0.1) is 0 Å². The Kier molecular flexibility index (Phi) is 5.35. The van der Waals surface area contributed by atoms with Gasteiger partial charge in [-0.2, -0.15) is 13.2 Å². The zero-order valence-electron chi connectivity index (χ0n) is 9.74. The first-order valence-corrected chi connectivity index (χ1v) is 6.66. The van der Waals surface area contributed by atoms with E-state index in [1.807, 2.05) is 4.72 Å². The van der Waals surface area contributed by atoms with E-state index >= 15 is 0 Å². The van der Waals surface area contributed by atoms with E-state index in [1.165, 1.54) is 12.1 Å². The Morgan fingerprint density at radius 2 is 2.05 bits per heavy atom. The second-order valence-electron chi connectivity index (χ2n) is 3.49. The predicted octanol–water partition coefficient (Wildman–Crippen LogP) is 0.595. The minimum Gasteiger partial charge on any atom is -0.447 e. The summed E-state index contributed by atoms with van der Waals surface area (Å²) in [6, 6.07) is 2.61. The highest BCUT2D eigenvalue weighted by atomic mass is 32.2. The highest BCUT2D eigenvalue weighted by Gasteiger charge is 2.27. The minimum absolute atomic E-state index is 0.0458. The van der Waals surface area contributed by atoms with Gasteiger partial charge in [-0.15, -0.1) is 0 Å². The minimum atomic E-state index is -4.43. The van der Waals surface area contributed by atoms with Crippen LogP contribution in [0.1, 0.15) is 5.76 Å². The molecule has 3 N–H and O–H groups in total. The lowest BCUT2D eigenvalue weighted by atomic mass is 10.5. The van der Waals surface area contributed by atoms with Gasteiger partial charge in [0.25, 0.3) is 10.0 Å². The molecule has 0 saturated heterocycles. The molecule has 6 nitrogen and oxygen atoms in total. The molecule has 0 aliphatic heterocycles. The molecule has 0 radical (unpaired) electrons. The number of halogens is 3. The molecule has 0 spiro atoms. The molecule has 0 aliphatic carbocycles. The number of rotatable bonds is 7. The maximum atomic E-state index is 11.7. The Labute approximate surface area is 107 Å². The molecule has 110 valence electrons. The molecule has 1 aromatic heterocycles. The van der Waals surface area contributed by atoms with Crippen molar-refractivity contribution in [3.8, 4) is 0 Å². The van der Waals surface area contributed by atoms with Crippen LogP contribution in [0.2, 0.25) is 0 Å². The molecule has 0 aliphatic rings. The lowest BCUT2D eigenvalue weighted by Crippen LogP contribution is -2.28. The van der Waals surface area contributed by atoms with E-state index in [9.17, 15) is 21.6 Å². The largest absolute Gasteiger partial charge is 0.447 e. The summed E-state index contributed by atoms with van der Waals surface area (Å²) in [4.78, 5) is 0. The monoisotopic (exact) mass is 302 g/mol.